The molecule has 3 heterocycles. The Morgan fingerprint density at radius 2 is 2.18 bits per heavy atom. The second-order valence-electron chi connectivity index (χ2n) is 7.08. The number of benzene rings is 1. The van der Waals surface area contributed by atoms with Crippen molar-refractivity contribution in [2.75, 3.05) is 24.5 Å². The van der Waals surface area contributed by atoms with E-state index in [1.165, 1.54) is 0 Å². The molecule has 0 spiro atoms. The van der Waals surface area contributed by atoms with Crippen LogP contribution in [-0.2, 0) is 6.54 Å². The Bertz CT molecular complexity index is 931. The number of hydrogen-bond donors (Lipinski definition) is 2. The van der Waals surface area contributed by atoms with Crippen LogP contribution in [0.1, 0.15) is 22.3 Å². The van der Waals surface area contributed by atoms with Crippen LogP contribution in [0.4, 0.5) is 5.82 Å². The summed E-state index contributed by atoms with van der Waals surface area (Å²) in [5, 5.41) is 13.7. The fourth-order valence-electron chi connectivity index (χ4n) is 3.40. The summed E-state index contributed by atoms with van der Waals surface area (Å²) in [4.78, 5) is 26.9. The number of anilines is 1. The highest BCUT2D eigenvalue weighted by Crippen LogP contribution is 2.24. The quantitative estimate of drug-likeness (QED) is 0.667. The topological polar surface area (TPSA) is 96.2 Å². The third kappa shape index (κ3) is 4.17. The van der Waals surface area contributed by atoms with E-state index in [0.717, 1.165) is 11.4 Å². The van der Waals surface area contributed by atoms with Gasteiger partial charge >= 0.3 is 0 Å². The highest BCUT2D eigenvalue weighted by molar-refractivity contribution is 5.94. The zero-order valence-electron chi connectivity index (χ0n) is 15.4. The Labute approximate surface area is 162 Å². The molecular weight excluding hydrogens is 356 g/mol. The molecule has 144 valence electrons. The number of hydrogen-bond acceptors (Lipinski definition) is 6. The summed E-state index contributed by atoms with van der Waals surface area (Å²) >= 11 is 0. The number of nitrogens with zero attached hydrogens (tertiary/aromatic N) is 5. The van der Waals surface area contributed by atoms with Crippen LogP contribution in [0.15, 0.2) is 61.6 Å². The van der Waals surface area contributed by atoms with Gasteiger partial charge in [0, 0.05) is 56.5 Å². The molecule has 8 heteroatoms. The molecule has 0 bridgehead atoms. The first-order chi connectivity index (χ1) is 13.6. The number of rotatable bonds is 6. The lowest BCUT2D eigenvalue weighted by atomic mass is 10.0. The number of carbonyl (C=O) groups excluding carboxylic acids is 1. The van der Waals surface area contributed by atoms with E-state index in [-0.39, 0.29) is 12.5 Å². The third-order valence-electron chi connectivity index (χ3n) is 4.90. The van der Waals surface area contributed by atoms with Gasteiger partial charge in [0.1, 0.15) is 11.4 Å². The Morgan fingerprint density at radius 3 is 2.96 bits per heavy atom. The van der Waals surface area contributed by atoms with Crippen molar-refractivity contribution in [2.24, 2.45) is 0 Å². The maximum atomic E-state index is 12.6. The lowest BCUT2D eigenvalue weighted by Gasteiger charge is -2.24. The molecule has 8 nitrogen and oxygen atoms in total. The maximum Gasteiger partial charge on any atom is 0.251 e. The van der Waals surface area contributed by atoms with Gasteiger partial charge in [0.05, 0.1) is 12.5 Å². The van der Waals surface area contributed by atoms with Crippen LogP contribution in [0.3, 0.4) is 0 Å². The summed E-state index contributed by atoms with van der Waals surface area (Å²) in [7, 11) is 0. The summed E-state index contributed by atoms with van der Waals surface area (Å²) in [6.07, 6.45) is 10.8. The van der Waals surface area contributed by atoms with Crippen LogP contribution in [0.2, 0.25) is 0 Å². The van der Waals surface area contributed by atoms with Gasteiger partial charge in [0.2, 0.25) is 0 Å². The largest absolute Gasteiger partial charge is 0.386 e. The second-order valence-corrected chi connectivity index (χ2v) is 7.08. The Hall–Kier alpha value is -3.26. The maximum absolute atomic E-state index is 12.6. The smallest absolute Gasteiger partial charge is 0.251 e. The number of nitrogens with one attached hydrogen (secondary N) is 1. The normalized spacial score (nSPS) is 19.0. The minimum atomic E-state index is -0.985. The summed E-state index contributed by atoms with van der Waals surface area (Å²) in [5.41, 5.74) is 0.603. The standard InChI is InChI=1S/C20H22N6O2/c27-19(17-3-1-2-16(10-17)12-25-9-7-22-15-25)24-13-20(28)4-8-26(14-20)18-11-21-5-6-23-18/h1-3,5-7,9-11,15,28H,4,8,12-14H2,(H,24,27)/t20-/m0/s1. The summed E-state index contributed by atoms with van der Waals surface area (Å²) in [6.45, 7) is 1.92. The van der Waals surface area contributed by atoms with Crippen molar-refractivity contribution in [3.8, 4) is 0 Å². The van der Waals surface area contributed by atoms with Gasteiger partial charge < -0.3 is 19.9 Å². The van der Waals surface area contributed by atoms with Gasteiger partial charge in [0.15, 0.2) is 0 Å². The van der Waals surface area contributed by atoms with Crippen molar-refractivity contribution in [3.05, 3.63) is 72.7 Å². The minimum Gasteiger partial charge on any atom is -0.386 e. The summed E-state index contributed by atoms with van der Waals surface area (Å²) in [6, 6.07) is 7.47. The number of amides is 1. The van der Waals surface area contributed by atoms with Gasteiger partial charge in [0.25, 0.3) is 5.91 Å². The predicted octanol–water partition coefficient (Wildman–Crippen LogP) is 1.09. The van der Waals surface area contributed by atoms with Crippen LogP contribution in [0.25, 0.3) is 0 Å². The SMILES string of the molecule is O=C(NC[C@@]1(O)CCN(c2cnccn2)C1)c1cccc(Cn2ccnc2)c1. The molecule has 28 heavy (non-hydrogen) atoms. The van der Waals surface area contributed by atoms with Crippen LogP contribution in [0.5, 0.6) is 0 Å². The molecule has 0 aliphatic carbocycles. The van der Waals surface area contributed by atoms with E-state index in [0.29, 0.717) is 31.6 Å². The first kappa shape index (κ1) is 18.1. The molecule has 1 fully saturated rings. The molecule has 1 aromatic carbocycles. The molecule has 1 aliphatic heterocycles. The Balaban J connectivity index is 1.35. The van der Waals surface area contributed by atoms with Gasteiger partial charge in [-0.15, -0.1) is 0 Å². The lowest BCUT2D eigenvalue weighted by molar-refractivity contribution is 0.0575. The molecule has 0 saturated carbocycles. The predicted molar refractivity (Wildman–Crippen MR) is 104 cm³/mol. The molecule has 1 saturated heterocycles. The summed E-state index contributed by atoms with van der Waals surface area (Å²) < 4.78 is 1.94. The Morgan fingerprint density at radius 1 is 1.25 bits per heavy atom. The van der Waals surface area contributed by atoms with Crippen LogP contribution in [-0.4, -0.2) is 55.8 Å². The third-order valence-corrected chi connectivity index (χ3v) is 4.90. The van der Waals surface area contributed by atoms with E-state index in [2.05, 4.69) is 20.3 Å². The van der Waals surface area contributed by atoms with Gasteiger partial charge in [-0.2, -0.15) is 0 Å². The minimum absolute atomic E-state index is 0.189. The van der Waals surface area contributed by atoms with E-state index in [1.807, 2.05) is 33.9 Å². The first-order valence-corrected chi connectivity index (χ1v) is 9.18. The highest BCUT2D eigenvalue weighted by Gasteiger charge is 2.37. The van der Waals surface area contributed by atoms with Crippen LogP contribution < -0.4 is 10.2 Å². The van der Waals surface area contributed by atoms with E-state index in [1.54, 1.807) is 37.2 Å². The van der Waals surface area contributed by atoms with Crippen molar-refractivity contribution in [1.82, 2.24) is 24.8 Å². The molecule has 4 rings (SSSR count). The molecule has 1 aliphatic rings. The molecular formula is C20H22N6O2. The molecule has 0 radical (unpaired) electrons. The fourth-order valence-corrected chi connectivity index (χ4v) is 3.40. The molecule has 3 aromatic rings. The zero-order valence-corrected chi connectivity index (χ0v) is 15.4. The summed E-state index contributed by atoms with van der Waals surface area (Å²) in [5.74, 6) is 0.538. The number of aromatic nitrogens is 4. The number of carbonyl (C=O) groups is 1. The molecule has 1 amide bonds. The van der Waals surface area contributed by atoms with Crippen LogP contribution >= 0.6 is 0 Å². The van der Waals surface area contributed by atoms with E-state index < -0.39 is 5.60 Å². The fraction of sp³-hybridized carbons (Fsp3) is 0.300. The van der Waals surface area contributed by atoms with E-state index in [9.17, 15) is 9.90 Å². The van der Waals surface area contributed by atoms with Gasteiger partial charge in [-0.05, 0) is 24.1 Å². The van der Waals surface area contributed by atoms with Gasteiger partial charge in [-0.25, -0.2) is 9.97 Å². The van der Waals surface area contributed by atoms with E-state index >= 15 is 0 Å². The number of aliphatic hydroxyl groups is 1. The number of imidazole rings is 1. The second kappa shape index (κ2) is 7.77. The van der Waals surface area contributed by atoms with Gasteiger partial charge in [-0.3, -0.25) is 9.78 Å². The van der Waals surface area contributed by atoms with Crippen LogP contribution in [0, 0.1) is 0 Å². The van der Waals surface area contributed by atoms with Crippen molar-refractivity contribution in [3.63, 3.8) is 0 Å². The molecule has 2 N–H and O–H groups in total. The number of β-amino-alcohol motifs (C(OH)–C–C–N with tert-alkyl or cyclic N) is 1. The van der Waals surface area contributed by atoms with Crippen molar-refractivity contribution >= 4 is 11.7 Å². The van der Waals surface area contributed by atoms with Crippen molar-refractivity contribution < 1.29 is 9.90 Å². The Kier molecular flexibility index (Phi) is 5.03. The van der Waals surface area contributed by atoms with E-state index in [4.69, 9.17) is 0 Å². The zero-order chi connectivity index (χ0) is 19.4. The highest BCUT2D eigenvalue weighted by atomic mass is 16.3. The molecule has 2 aromatic heterocycles. The van der Waals surface area contributed by atoms with Gasteiger partial charge in [-0.1, -0.05) is 12.1 Å². The monoisotopic (exact) mass is 378 g/mol. The lowest BCUT2D eigenvalue weighted by Crippen LogP contribution is -2.45. The molecule has 1 atom stereocenters. The molecule has 0 unspecified atom stereocenters. The average Bonchev–Trinajstić information content (AvgIpc) is 3.37. The average molecular weight is 378 g/mol. The van der Waals surface area contributed by atoms with Crippen molar-refractivity contribution in [1.29, 1.82) is 0 Å². The van der Waals surface area contributed by atoms with Crippen molar-refractivity contribution in [2.45, 2.75) is 18.6 Å². The first-order valence-electron chi connectivity index (χ1n) is 9.18.